The highest BCUT2D eigenvalue weighted by Crippen LogP contribution is 2.37. The Kier molecular flexibility index (Phi) is 3.63. The van der Waals surface area contributed by atoms with Crippen LogP contribution in [-0.4, -0.2) is 11.9 Å². The number of phenolic OH excluding ortho intramolecular Hbond substituents is 1. The summed E-state index contributed by atoms with van der Waals surface area (Å²) < 4.78 is 11.3. The molecule has 20 heavy (non-hydrogen) atoms. The minimum absolute atomic E-state index is 0.171. The highest BCUT2D eigenvalue weighted by atomic mass is 79.9. The van der Waals surface area contributed by atoms with E-state index in [-0.39, 0.29) is 12.5 Å². The predicted molar refractivity (Wildman–Crippen MR) is 80.7 cm³/mol. The fourth-order valence-corrected chi connectivity index (χ4v) is 2.35. The van der Waals surface area contributed by atoms with Gasteiger partial charge in [0, 0.05) is 28.3 Å². The molecule has 0 atom stereocenters. The maximum atomic E-state index is 9.94. The van der Waals surface area contributed by atoms with Crippen molar-refractivity contribution < 1.29 is 14.6 Å². The number of hydrogen-bond donors (Lipinski definition) is 2. The number of ether oxygens (including phenoxy) is 2. The van der Waals surface area contributed by atoms with Crippen molar-refractivity contribution in [1.82, 2.24) is 0 Å². The van der Waals surface area contributed by atoms with Gasteiger partial charge in [-0.15, -0.1) is 0 Å². The topological polar surface area (TPSA) is 50.7 Å². The Morgan fingerprint density at radius 3 is 2.70 bits per heavy atom. The lowest BCUT2D eigenvalue weighted by Crippen LogP contribution is -1.99. The number of halogens is 2. The largest absolute Gasteiger partial charge is 0.507 e. The second-order valence-electron chi connectivity index (χ2n) is 4.32. The van der Waals surface area contributed by atoms with E-state index < -0.39 is 0 Å². The molecule has 2 aromatic rings. The lowest BCUT2D eigenvalue weighted by molar-refractivity contribution is 0.174. The molecule has 0 bridgehead atoms. The molecule has 3 rings (SSSR count). The number of phenols is 1. The molecule has 2 N–H and O–H groups in total. The molecular weight excluding hydrogens is 346 g/mol. The van der Waals surface area contributed by atoms with Gasteiger partial charge in [0.1, 0.15) is 5.75 Å². The molecule has 0 unspecified atom stereocenters. The van der Waals surface area contributed by atoms with E-state index in [1.807, 2.05) is 18.2 Å². The summed E-state index contributed by atoms with van der Waals surface area (Å²) >= 11 is 9.37. The minimum Gasteiger partial charge on any atom is -0.507 e. The molecular formula is C14H11BrClNO3. The number of anilines is 1. The predicted octanol–water partition coefficient (Wildman–Crippen LogP) is 4.15. The Morgan fingerprint density at radius 1 is 1.20 bits per heavy atom. The van der Waals surface area contributed by atoms with Crippen molar-refractivity contribution in [2.45, 2.75) is 6.54 Å². The van der Waals surface area contributed by atoms with Crippen LogP contribution < -0.4 is 14.8 Å². The van der Waals surface area contributed by atoms with E-state index in [0.29, 0.717) is 23.1 Å². The molecule has 0 spiro atoms. The van der Waals surface area contributed by atoms with Gasteiger partial charge in [-0.25, -0.2) is 0 Å². The molecule has 1 aliphatic heterocycles. The van der Waals surface area contributed by atoms with Crippen molar-refractivity contribution >= 4 is 33.2 Å². The molecule has 0 saturated heterocycles. The van der Waals surface area contributed by atoms with Crippen molar-refractivity contribution in [2.75, 3.05) is 12.1 Å². The first-order chi connectivity index (χ1) is 9.63. The molecule has 2 aromatic carbocycles. The van der Waals surface area contributed by atoms with Crippen LogP contribution in [0.1, 0.15) is 5.56 Å². The normalized spacial score (nSPS) is 12.5. The van der Waals surface area contributed by atoms with E-state index in [9.17, 15) is 5.11 Å². The van der Waals surface area contributed by atoms with Gasteiger partial charge >= 0.3 is 0 Å². The highest BCUT2D eigenvalue weighted by Gasteiger charge is 2.16. The van der Waals surface area contributed by atoms with Gasteiger partial charge in [0.15, 0.2) is 11.5 Å². The number of aromatic hydroxyl groups is 1. The molecule has 1 heterocycles. The Hall–Kier alpha value is -1.59. The Labute approximate surface area is 129 Å². The van der Waals surface area contributed by atoms with Crippen LogP contribution in [0.5, 0.6) is 17.2 Å². The van der Waals surface area contributed by atoms with Crippen LogP contribution in [-0.2, 0) is 6.54 Å². The van der Waals surface area contributed by atoms with Crippen LogP contribution in [0.25, 0.3) is 0 Å². The molecule has 104 valence electrons. The van der Waals surface area contributed by atoms with Crippen LogP contribution in [0.4, 0.5) is 5.69 Å². The molecule has 6 heteroatoms. The van der Waals surface area contributed by atoms with E-state index in [0.717, 1.165) is 15.7 Å². The molecule has 0 amide bonds. The molecule has 0 aliphatic carbocycles. The molecule has 1 aliphatic rings. The Bertz CT molecular complexity index is 663. The fraction of sp³-hybridized carbons (Fsp3) is 0.143. The summed E-state index contributed by atoms with van der Waals surface area (Å²) in [4.78, 5) is 0. The fourth-order valence-electron chi connectivity index (χ4n) is 1.92. The first-order valence-electron chi connectivity index (χ1n) is 5.94. The van der Waals surface area contributed by atoms with Gasteiger partial charge in [-0.05, 0) is 40.2 Å². The second-order valence-corrected chi connectivity index (χ2v) is 5.58. The summed E-state index contributed by atoms with van der Waals surface area (Å²) in [5, 5.41) is 13.8. The third kappa shape index (κ3) is 2.64. The average Bonchev–Trinajstić information content (AvgIpc) is 2.87. The first kappa shape index (κ1) is 13.4. The zero-order chi connectivity index (χ0) is 14.1. The molecule has 0 radical (unpaired) electrons. The van der Waals surface area contributed by atoms with Crippen LogP contribution in [0.3, 0.4) is 0 Å². The number of fused-ring (bicyclic) bond motifs is 1. The molecule has 0 saturated carbocycles. The summed E-state index contributed by atoms with van der Waals surface area (Å²) in [6.45, 7) is 0.647. The van der Waals surface area contributed by atoms with E-state index in [1.54, 1.807) is 12.1 Å². The summed E-state index contributed by atoms with van der Waals surface area (Å²) in [6.07, 6.45) is 0. The second kappa shape index (κ2) is 5.42. The molecule has 0 fully saturated rings. The minimum atomic E-state index is 0.171. The zero-order valence-electron chi connectivity index (χ0n) is 10.3. The van der Waals surface area contributed by atoms with Crippen molar-refractivity contribution in [3.8, 4) is 17.2 Å². The quantitative estimate of drug-likeness (QED) is 0.867. The zero-order valence-corrected chi connectivity index (χ0v) is 12.7. The van der Waals surface area contributed by atoms with Gasteiger partial charge < -0.3 is 19.9 Å². The van der Waals surface area contributed by atoms with E-state index in [4.69, 9.17) is 21.1 Å². The maximum Gasteiger partial charge on any atom is 0.231 e. The van der Waals surface area contributed by atoms with Crippen molar-refractivity contribution in [1.29, 1.82) is 0 Å². The maximum absolute atomic E-state index is 9.94. The van der Waals surface area contributed by atoms with Crippen LogP contribution >= 0.6 is 27.5 Å². The van der Waals surface area contributed by atoms with Crippen LogP contribution in [0.2, 0.25) is 5.02 Å². The van der Waals surface area contributed by atoms with E-state index in [2.05, 4.69) is 21.2 Å². The van der Waals surface area contributed by atoms with Gasteiger partial charge in [0.2, 0.25) is 6.79 Å². The molecule has 4 nitrogen and oxygen atoms in total. The van der Waals surface area contributed by atoms with Gasteiger partial charge in [-0.2, -0.15) is 0 Å². The number of benzene rings is 2. The van der Waals surface area contributed by atoms with Gasteiger partial charge in [-0.3, -0.25) is 0 Å². The monoisotopic (exact) mass is 355 g/mol. The van der Waals surface area contributed by atoms with Gasteiger partial charge in [0.05, 0.1) is 5.02 Å². The SMILES string of the molecule is Oc1cc2c(cc1CNc1ccc(Br)c(Cl)c1)OCO2. The standard InChI is InChI=1S/C14H11BrClNO3/c15-10-2-1-9(4-11(10)16)17-6-8-3-13-14(5-12(8)18)20-7-19-13/h1-5,17-18H,6-7H2. The van der Waals surface area contributed by atoms with E-state index in [1.165, 1.54) is 0 Å². The van der Waals surface area contributed by atoms with E-state index >= 15 is 0 Å². The summed E-state index contributed by atoms with van der Waals surface area (Å²) in [7, 11) is 0. The van der Waals surface area contributed by atoms with Gasteiger partial charge in [0.25, 0.3) is 0 Å². The number of rotatable bonds is 3. The Morgan fingerprint density at radius 2 is 1.95 bits per heavy atom. The first-order valence-corrected chi connectivity index (χ1v) is 7.11. The molecule has 0 aromatic heterocycles. The highest BCUT2D eigenvalue weighted by molar-refractivity contribution is 9.10. The summed E-state index contributed by atoms with van der Waals surface area (Å²) in [6, 6.07) is 8.92. The smallest absolute Gasteiger partial charge is 0.231 e. The number of hydrogen-bond acceptors (Lipinski definition) is 4. The third-order valence-electron chi connectivity index (χ3n) is 2.98. The summed E-state index contributed by atoms with van der Waals surface area (Å²) in [5.74, 6) is 1.39. The van der Waals surface area contributed by atoms with Crippen molar-refractivity contribution in [2.24, 2.45) is 0 Å². The van der Waals surface area contributed by atoms with Crippen LogP contribution in [0, 0.1) is 0 Å². The lowest BCUT2D eigenvalue weighted by Gasteiger charge is -2.10. The summed E-state index contributed by atoms with van der Waals surface area (Å²) in [5.41, 5.74) is 1.60. The average molecular weight is 357 g/mol. The van der Waals surface area contributed by atoms with Gasteiger partial charge in [-0.1, -0.05) is 11.6 Å². The number of nitrogens with one attached hydrogen (secondary N) is 1. The van der Waals surface area contributed by atoms with Crippen molar-refractivity contribution in [3.63, 3.8) is 0 Å². The third-order valence-corrected chi connectivity index (χ3v) is 4.21. The Balaban J connectivity index is 1.76. The lowest BCUT2D eigenvalue weighted by atomic mass is 10.1. The van der Waals surface area contributed by atoms with Crippen molar-refractivity contribution in [3.05, 3.63) is 45.4 Å². The van der Waals surface area contributed by atoms with Crippen LogP contribution in [0.15, 0.2) is 34.8 Å².